The largest absolute Gasteiger partial charge is 0.366 e. The molecule has 0 spiro atoms. The highest BCUT2D eigenvalue weighted by atomic mass is 32.2. The van der Waals surface area contributed by atoms with E-state index in [1.807, 2.05) is 11.0 Å². The predicted octanol–water partition coefficient (Wildman–Crippen LogP) is 1.54. The Morgan fingerprint density at radius 1 is 1.25 bits per heavy atom. The van der Waals surface area contributed by atoms with E-state index in [-0.39, 0.29) is 16.2 Å². The van der Waals surface area contributed by atoms with Crippen LogP contribution in [0.5, 0.6) is 0 Å². The second kappa shape index (κ2) is 5.90. The van der Waals surface area contributed by atoms with Crippen LogP contribution in [0, 0.1) is 0 Å². The summed E-state index contributed by atoms with van der Waals surface area (Å²) in [5, 5.41) is 0. The van der Waals surface area contributed by atoms with Crippen LogP contribution < -0.4 is 10.5 Å². The second-order valence-electron chi connectivity index (χ2n) is 5.99. The quantitative estimate of drug-likeness (QED) is 0.852. The Balaban J connectivity index is 2.12. The summed E-state index contributed by atoms with van der Waals surface area (Å²) in [6.07, 6.45) is 3.41. The number of fused-ring (bicyclic) bond motifs is 1. The van der Waals surface area contributed by atoms with Crippen molar-refractivity contribution in [2.24, 2.45) is 0 Å². The van der Waals surface area contributed by atoms with Crippen molar-refractivity contribution in [2.45, 2.75) is 24.8 Å². The first-order valence-electron chi connectivity index (χ1n) is 7.57. The van der Waals surface area contributed by atoms with Crippen molar-refractivity contribution in [3.8, 4) is 0 Å². The fourth-order valence-corrected chi connectivity index (χ4v) is 3.87. The van der Waals surface area contributed by atoms with Crippen LogP contribution in [0.1, 0.15) is 28.4 Å². The molecular formula is C17H18N2O4S. The highest BCUT2D eigenvalue weighted by Crippen LogP contribution is 2.30. The number of anilines is 1. The lowest BCUT2D eigenvalue weighted by molar-refractivity contribution is 0.101. The van der Waals surface area contributed by atoms with Gasteiger partial charge in [-0.1, -0.05) is 0 Å². The Kier molecular flexibility index (Phi) is 4.04. The maximum absolute atomic E-state index is 12.1. The number of nitrogens with zero attached hydrogens (tertiary/aromatic N) is 1. The number of aromatic amines is 1. The van der Waals surface area contributed by atoms with Crippen LogP contribution in [0.2, 0.25) is 0 Å². The Morgan fingerprint density at radius 3 is 2.67 bits per heavy atom. The molecule has 0 fully saturated rings. The van der Waals surface area contributed by atoms with Crippen LogP contribution in [0.25, 0.3) is 0 Å². The number of pyridine rings is 1. The van der Waals surface area contributed by atoms with E-state index in [9.17, 15) is 18.0 Å². The maximum atomic E-state index is 12.1. The van der Waals surface area contributed by atoms with Crippen LogP contribution >= 0.6 is 0 Å². The maximum Gasteiger partial charge on any atom is 0.253 e. The third kappa shape index (κ3) is 2.99. The van der Waals surface area contributed by atoms with Gasteiger partial charge in [-0.05, 0) is 43.2 Å². The number of hydrogen-bond donors (Lipinski definition) is 1. The topological polar surface area (TPSA) is 87.3 Å². The number of nitrogens with one attached hydrogen (secondary N) is 1. The van der Waals surface area contributed by atoms with Crippen molar-refractivity contribution >= 4 is 21.3 Å². The molecule has 1 aliphatic heterocycles. The molecule has 0 unspecified atom stereocenters. The van der Waals surface area contributed by atoms with Gasteiger partial charge in [-0.2, -0.15) is 0 Å². The smallest absolute Gasteiger partial charge is 0.253 e. The molecule has 1 aliphatic rings. The first-order chi connectivity index (χ1) is 11.3. The van der Waals surface area contributed by atoms with Crippen molar-refractivity contribution in [1.82, 2.24) is 4.98 Å². The molecule has 2 aromatic rings. The molecule has 0 saturated carbocycles. The van der Waals surface area contributed by atoms with Crippen molar-refractivity contribution in [1.29, 1.82) is 0 Å². The number of rotatable bonds is 3. The van der Waals surface area contributed by atoms with Crippen LogP contribution in [0.3, 0.4) is 0 Å². The van der Waals surface area contributed by atoms with Crippen molar-refractivity contribution in [2.75, 3.05) is 17.7 Å². The minimum atomic E-state index is -3.45. The van der Waals surface area contributed by atoms with Gasteiger partial charge in [0.25, 0.3) is 5.56 Å². The van der Waals surface area contributed by atoms with E-state index in [0.29, 0.717) is 36.3 Å². The van der Waals surface area contributed by atoms with E-state index >= 15 is 0 Å². The Hall–Kier alpha value is -2.41. The molecule has 0 saturated heterocycles. The van der Waals surface area contributed by atoms with Crippen molar-refractivity contribution < 1.29 is 13.2 Å². The summed E-state index contributed by atoms with van der Waals surface area (Å²) in [7, 11) is -3.45. The zero-order chi connectivity index (χ0) is 17.5. The van der Waals surface area contributed by atoms with Gasteiger partial charge in [-0.3, -0.25) is 9.59 Å². The molecule has 0 bridgehead atoms. The predicted molar refractivity (Wildman–Crippen MR) is 91.4 cm³/mol. The van der Waals surface area contributed by atoms with E-state index in [2.05, 4.69) is 4.98 Å². The molecule has 1 aromatic heterocycles. The van der Waals surface area contributed by atoms with Gasteiger partial charge < -0.3 is 9.88 Å². The highest BCUT2D eigenvalue weighted by molar-refractivity contribution is 7.90. The molecule has 0 atom stereocenters. The molecule has 1 aromatic carbocycles. The number of ketones is 1. The molecular weight excluding hydrogens is 328 g/mol. The first-order valence-corrected chi connectivity index (χ1v) is 9.46. The lowest BCUT2D eigenvalue weighted by Gasteiger charge is -2.31. The number of H-pyrrole nitrogens is 1. The summed E-state index contributed by atoms with van der Waals surface area (Å²) in [4.78, 5) is 28.4. The average Bonchev–Trinajstić information content (AvgIpc) is 2.53. The molecule has 6 nitrogen and oxygen atoms in total. The lowest BCUT2D eigenvalue weighted by atomic mass is 10.0. The summed E-state index contributed by atoms with van der Waals surface area (Å²) >= 11 is 0. The fraction of sp³-hybridized carbons (Fsp3) is 0.294. The second-order valence-corrected chi connectivity index (χ2v) is 7.98. The van der Waals surface area contributed by atoms with E-state index < -0.39 is 9.84 Å². The van der Waals surface area contributed by atoms with Gasteiger partial charge in [-0.15, -0.1) is 0 Å². The van der Waals surface area contributed by atoms with Gasteiger partial charge >= 0.3 is 0 Å². The number of hydrogen-bond acceptors (Lipinski definition) is 5. The first kappa shape index (κ1) is 16.4. The number of sulfone groups is 1. The molecule has 3 rings (SSSR count). The number of aromatic nitrogens is 1. The SMILES string of the molecule is CC(=O)c1ccc(S(C)(=O)=O)c(N2CCc3cc[nH]c(=O)c3C2)c1. The molecule has 7 heteroatoms. The third-order valence-electron chi connectivity index (χ3n) is 4.27. The zero-order valence-corrected chi connectivity index (χ0v) is 14.3. The molecule has 2 heterocycles. The summed E-state index contributed by atoms with van der Waals surface area (Å²) in [6.45, 7) is 2.34. The molecule has 0 aliphatic carbocycles. The van der Waals surface area contributed by atoms with Crippen LogP contribution in [0.15, 0.2) is 40.2 Å². The van der Waals surface area contributed by atoms with Gasteiger partial charge in [0.1, 0.15) is 0 Å². The summed E-state index contributed by atoms with van der Waals surface area (Å²) in [5.41, 5.74) is 2.36. The van der Waals surface area contributed by atoms with E-state index in [4.69, 9.17) is 0 Å². The van der Waals surface area contributed by atoms with E-state index in [1.54, 1.807) is 12.3 Å². The number of benzene rings is 1. The Bertz CT molecular complexity index is 976. The minimum absolute atomic E-state index is 0.133. The van der Waals surface area contributed by atoms with Crippen molar-refractivity contribution in [3.63, 3.8) is 0 Å². The van der Waals surface area contributed by atoms with Gasteiger partial charge in [0, 0.05) is 36.7 Å². The van der Waals surface area contributed by atoms with Gasteiger partial charge in [0.2, 0.25) is 0 Å². The summed E-state index contributed by atoms with van der Waals surface area (Å²) < 4.78 is 24.2. The van der Waals surface area contributed by atoms with Gasteiger partial charge in [-0.25, -0.2) is 8.42 Å². The fourth-order valence-electron chi connectivity index (χ4n) is 2.99. The monoisotopic (exact) mass is 346 g/mol. The van der Waals surface area contributed by atoms with Crippen LogP contribution in [-0.4, -0.2) is 32.0 Å². The standard InChI is InChI=1S/C17H18N2O4S/c1-11(20)13-3-4-16(24(2,22)23)15(9-13)19-8-6-12-5-7-18-17(21)14(12)10-19/h3-5,7,9H,6,8,10H2,1-2H3,(H,18,21). The highest BCUT2D eigenvalue weighted by Gasteiger charge is 2.24. The van der Waals surface area contributed by atoms with Crippen LogP contribution in [0.4, 0.5) is 5.69 Å². The molecule has 126 valence electrons. The molecule has 24 heavy (non-hydrogen) atoms. The Labute approximate surface area is 140 Å². The Morgan fingerprint density at radius 2 is 2.00 bits per heavy atom. The van der Waals surface area contributed by atoms with Gasteiger partial charge in [0.05, 0.1) is 10.6 Å². The molecule has 0 amide bonds. The normalized spacial score (nSPS) is 14.3. The van der Waals surface area contributed by atoms with Gasteiger partial charge in [0.15, 0.2) is 15.6 Å². The summed E-state index contributed by atoms with van der Waals surface area (Å²) in [5.74, 6) is -0.133. The number of Topliss-reactive ketones (excluding diaryl/α,β-unsaturated/α-hetero) is 1. The van der Waals surface area contributed by atoms with E-state index in [0.717, 1.165) is 11.8 Å². The molecule has 1 N–H and O–H groups in total. The van der Waals surface area contributed by atoms with E-state index in [1.165, 1.54) is 19.1 Å². The lowest BCUT2D eigenvalue weighted by Crippen LogP contribution is -2.35. The zero-order valence-electron chi connectivity index (χ0n) is 13.5. The molecule has 0 radical (unpaired) electrons. The van der Waals surface area contributed by atoms with Crippen molar-refractivity contribution in [3.05, 3.63) is 57.5 Å². The number of carbonyl (C=O) groups excluding carboxylic acids is 1. The minimum Gasteiger partial charge on any atom is -0.366 e. The number of carbonyl (C=O) groups is 1. The average molecular weight is 346 g/mol. The van der Waals surface area contributed by atoms with Crippen LogP contribution in [-0.2, 0) is 22.8 Å². The third-order valence-corrected chi connectivity index (χ3v) is 5.41. The summed E-state index contributed by atoms with van der Waals surface area (Å²) in [6, 6.07) is 6.46.